The smallest absolute Gasteiger partial charge is 0.231 e. The average Bonchev–Trinajstić information content (AvgIpc) is 2.67. The van der Waals surface area contributed by atoms with Crippen molar-refractivity contribution in [1.82, 2.24) is 5.32 Å². The van der Waals surface area contributed by atoms with Gasteiger partial charge in [0.15, 0.2) is 0 Å². The van der Waals surface area contributed by atoms with Gasteiger partial charge in [0.25, 0.3) is 0 Å². The van der Waals surface area contributed by atoms with Gasteiger partial charge in [-0.2, -0.15) is 0 Å². The molecule has 1 fully saturated rings. The van der Waals surface area contributed by atoms with Gasteiger partial charge < -0.3 is 10.2 Å². The molecule has 0 bridgehead atoms. The van der Waals surface area contributed by atoms with Gasteiger partial charge in [0, 0.05) is 16.7 Å². The Morgan fingerprint density at radius 3 is 2.89 bits per heavy atom. The molecule has 0 radical (unpaired) electrons. The van der Waals surface area contributed by atoms with Crippen LogP contribution in [0.5, 0.6) is 0 Å². The molecular weight excluding hydrogens is 292 g/mol. The van der Waals surface area contributed by atoms with E-state index < -0.39 is 0 Å². The molecule has 3 nitrogen and oxygen atoms in total. The van der Waals surface area contributed by atoms with Gasteiger partial charge in [-0.05, 0) is 49.5 Å². The number of benzene rings is 1. The van der Waals surface area contributed by atoms with Crippen LogP contribution in [0.25, 0.3) is 0 Å². The van der Waals surface area contributed by atoms with E-state index in [0.29, 0.717) is 12.3 Å². The minimum Gasteiger partial charge on any atom is -0.317 e. The monoisotopic (exact) mass is 308 g/mol. The van der Waals surface area contributed by atoms with Gasteiger partial charge in [-0.3, -0.25) is 4.79 Å². The van der Waals surface area contributed by atoms with Gasteiger partial charge in [0.05, 0.1) is 6.42 Å². The van der Waals surface area contributed by atoms with Gasteiger partial charge >= 0.3 is 0 Å². The number of hydrogen-bond donors (Lipinski definition) is 1. The van der Waals surface area contributed by atoms with Crippen LogP contribution in [0.2, 0.25) is 0 Å². The highest BCUT2D eigenvalue weighted by atomic mass is 79.9. The van der Waals surface area contributed by atoms with E-state index in [4.69, 9.17) is 0 Å². The highest BCUT2D eigenvalue weighted by Gasteiger charge is 2.29. The predicted molar refractivity (Wildman–Crippen MR) is 75.8 cm³/mol. The molecule has 0 spiro atoms. The second-order valence-corrected chi connectivity index (χ2v) is 6.06. The molecule has 1 amide bonds. The van der Waals surface area contributed by atoms with Crippen molar-refractivity contribution in [3.63, 3.8) is 0 Å². The molecule has 0 atom stereocenters. The average molecular weight is 309 g/mol. The van der Waals surface area contributed by atoms with Crippen LogP contribution < -0.4 is 10.2 Å². The zero-order valence-electron chi connectivity index (χ0n) is 10.3. The summed E-state index contributed by atoms with van der Waals surface area (Å²) in [5.74, 6) is 0.891. The van der Waals surface area contributed by atoms with E-state index in [1.165, 1.54) is 12.8 Å². The SMILES string of the molecule is O=C1Cc2ccc(Br)cc2N1CC1CCNCC1. The number of hydrogen-bond acceptors (Lipinski definition) is 2. The van der Waals surface area contributed by atoms with E-state index in [9.17, 15) is 4.79 Å². The molecule has 96 valence electrons. The van der Waals surface area contributed by atoms with Crippen molar-refractivity contribution in [1.29, 1.82) is 0 Å². The highest BCUT2D eigenvalue weighted by molar-refractivity contribution is 9.10. The molecule has 2 heterocycles. The van der Waals surface area contributed by atoms with Crippen molar-refractivity contribution in [2.45, 2.75) is 19.3 Å². The molecule has 3 rings (SSSR count). The molecule has 2 aliphatic heterocycles. The van der Waals surface area contributed by atoms with Gasteiger partial charge in [0.1, 0.15) is 0 Å². The van der Waals surface area contributed by atoms with Gasteiger partial charge in [-0.25, -0.2) is 0 Å². The first-order chi connectivity index (χ1) is 8.74. The van der Waals surface area contributed by atoms with Crippen LogP contribution in [0.4, 0.5) is 5.69 Å². The number of nitrogens with one attached hydrogen (secondary N) is 1. The van der Waals surface area contributed by atoms with E-state index in [2.05, 4.69) is 33.4 Å². The summed E-state index contributed by atoms with van der Waals surface area (Å²) in [4.78, 5) is 14.1. The summed E-state index contributed by atoms with van der Waals surface area (Å²) in [5.41, 5.74) is 2.27. The summed E-state index contributed by atoms with van der Waals surface area (Å²) < 4.78 is 1.05. The van der Waals surface area contributed by atoms with Crippen LogP contribution in [-0.2, 0) is 11.2 Å². The number of carbonyl (C=O) groups is 1. The lowest BCUT2D eigenvalue weighted by Gasteiger charge is -2.28. The summed E-state index contributed by atoms with van der Waals surface area (Å²) in [6, 6.07) is 6.14. The second kappa shape index (κ2) is 5.02. The molecule has 1 saturated heterocycles. The minimum atomic E-state index is 0.252. The Bertz CT molecular complexity index is 469. The summed E-state index contributed by atoms with van der Waals surface area (Å²) >= 11 is 3.49. The maximum atomic E-state index is 12.1. The van der Waals surface area contributed by atoms with Crippen LogP contribution in [0.3, 0.4) is 0 Å². The zero-order chi connectivity index (χ0) is 12.5. The maximum Gasteiger partial charge on any atom is 0.231 e. The first-order valence-corrected chi connectivity index (χ1v) is 7.33. The third kappa shape index (κ3) is 2.31. The topological polar surface area (TPSA) is 32.3 Å². The number of rotatable bonds is 2. The summed E-state index contributed by atoms with van der Waals surface area (Å²) in [6.45, 7) is 3.04. The molecule has 1 N–H and O–H groups in total. The quantitative estimate of drug-likeness (QED) is 0.909. The highest BCUT2D eigenvalue weighted by Crippen LogP contribution is 2.33. The van der Waals surface area contributed by atoms with Crippen LogP contribution in [0.15, 0.2) is 22.7 Å². The summed E-state index contributed by atoms with van der Waals surface area (Å²) in [7, 11) is 0. The lowest BCUT2D eigenvalue weighted by Crippen LogP contribution is -2.37. The maximum absolute atomic E-state index is 12.1. The van der Waals surface area contributed by atoms with E-state index in [1.54, 1.807) is 0 Å². The number of nitrogens with zero attached hydrogens (tertiary/aromatic N) is 1. The normalized spacial score (nSPS) is 20.3. The number of anilines is 1. The van der Waals surface area contributed by atoms with Gasteiger partial charge in [0.2, 0.25) is 5.91 Å². The third-order valence-corrected chi connectivity index (χ3v) is 4.37. The molecular formula is C14H17BrN2O. The molecule has 0 aliphatic carbocycles. The Morgan fingerprint density at radius 1 is 1.33 bits per heavy atom. The Morgan fingerprint density at radius 2 is 2.11 bits per heavy atom. The van der Waals surface area contributed by atoms with Crippen molar-refractivity contribution in [2.24, 2.45) is 5.92 Å². The lowest BCUT2D eigenvalue weighted by molar-refractivity contribution is -0.117. The van der Waals surface area contributed by atoms with Gasteiger partial charge in [-0.1, -0.05) is 22.0 Å². The van der Waals surface area contributed by atoms with E-state index in [-0.39, 0.29) is 5.91 Å². The molecule has 2 aliphatic rings. The van der Waals surface area contributed by atoms with Gasteiger partial charge in [-0.15, -0.1) is 0 Å². The zero-order valence-corrected chi connectivity index (χ0v) is 11.9. The van der Waals surface area contributed by atoms with E-state index in [0.717, 1.165) is 35.4 Å². The molecule has 18 heavy (non-hydrogen) atoms. The van der Waals surface area contributed by atoms with Crippen molar-refractivity contribution in [2.75, 3.05) is 24.5 Å². The Kier molecular flexibility index (Phi) is 3.39. The molecule has 1 aromatic carbocycles. The largest absolute Gasteiger partial charge is 0.317 e. The number of amides is 1. The van der Waals surface area contributed by atoms with E-state index >= 15 is 0 Å². The number of halogens is 1. The lowest BCUT2D eigenvalue weighted by atomic mass is 9.97. The summed E-state index contributed by atoms with van der Waals surface area (Å²) in [6.07, 6.45) is 2.91. The fraction of sp³-hybridized carbons (Fsp3) is 0.500. The molecule has 0 unspecified atom stereocenters. The minimum absolute atomic E-state index is 0.252. The first-order valence-electron chi connectivity index (χ1n) is 6.53. The van der Waals surface area contributed by atoms with Crippen molar-refractivity contribution in [3.05, 3.63) is 28.2 Å². The number of fused-ring (bicyclic) bond motifs is 1. The first kappa shape index (κ1) is 12.2. The molecule has 1 aromatic rings. The fourth-order valence-electron chi connectivity index (χ4n) is 2.85. The van der Waals surface area contributed by atoms with Crippen molar-refractivity contribution >= 4 is 27.5 Å². The molecule has 4 heteroatoms. The van der Waals surface area contributed by atoms with Crippen LogP contribution >= 0.6 is 15.9 Å². The van der Waals surface area contributed by atoms with E-state index in [1.807, 2.05) is 11.0 Å². The summed E-state index contributed by atoms with van der Waals surface area (Å²) in [5, 5.41) is 3.37. The van der Waals surface area contributed by atoms with Crippen LogP contribution in [0, 0.1) is 5.92 Å². The molecule has 0 saturated carbocycles. The standard InChI is InChI=1S/C14H17BrN2O/c15-12-2-1-11-7-14(18)17(13(11)8-12)9-10-3-5-16-6-4-10/h1-2,8,10,16H,3-7,9H2. The fourth-order valence-corrected chi connectivity index (χ4v) is 3.20. The Hall–Kier alpha value is -0.870. The number of carbonyl (C=O) groups excluding carboxylic acids is 1. The third-order valence-electron chi connectivity index (χ3n) is 3.88. The van der Waals surface area contributed by atoms with Crippen molar-refractivity contribution < 1.29 is 4.79 Å². The Labute approximate surface area is 116 Å². The van der Waals surface area contributed by atoms with Crippen LogP contribution in [-0.4, -0.2) is 25.5 Å². The molecule has 0 aromatic heterocycles. The van der Waals surface area contributed by atoms with Crippen LogP contribution in [0.1, 0.15) is 18.4 Å². The van der Waals surface area contributed by atoms with Crippen molar-refractivity contribution in [3.8, 4) is 0 Å². The number of piperidine rings is 1. The predicted octanol–water partition coefficient (Wildman–Crippen LogP) is 2.34. The second-order valence-electron chi connectivity index (χ2n) is 5.15. The Balaban J connectivity index is 1.80.